The zero-order valence-corrected chi connectivity index (χ0v) is 22.2. The first-order valence-corrected chi connectivity index (χ1v) is 12.4. The van der Waals surface area contributed by atoms with Gasteiger partial charge in [-0.1, -0.05) is 29.8 Å². The van der Waals surface area contributed by atoms with Crippen LogP contribution in [0.2, 0.25) is 5.02 Å². The van der Waals surface area contributed by atoms with Gasteiger partial charge in [-0.2, -0.15) is 0 Å². The zero-order chi connectivity index (χ0) is 26.0. The van der Waals surface area contributed by atoms with E-state index in [2.05, 4.69) is 9.88 Å². The van der Waals surface area contributed by atoms with Crippen LogP contribution >= 0.6 is 11.6 Å². The molecule has 1 aliphatic rings. The van der Waals surface area contributed by atoms with Crippen LogP contribution < -0.4 is 10.1 Å². The minimum Gasteiger partial charge on any atom is -0.497 e. The molecule has 36 heavy (non-hydrogen) atoms. The molecule has 2 heterocycles. The Bertz CT molecular complexity index is 1250. The van der Waals surface area contributed by atoms with Gasteiger partial charge in [0.2, 0.25) is 0 Å². The number of hydrogen-bond acceptors (Lipinski definition) is 3. The molecule has 7 nitrogen and oxygen atoms in total. The van der Waals surface area contributed by atoms with Crippen molar-refractivity contribution < 1.29 is 14.3 Å². The summed E-state index contributed by atoms with van der Waals surface area (Å²) in [7, 11) is 1.64. The summed E-state index contributed by atoms with van der Waals surface area (Å²) >= 11 is 6.14. The van der Waals surface area contributed by atoms with Crippen LogP contribution in [0.1, 0.15) is 36.8 Å². The standard InChI is InChI=1S/C28H33ClN4O3/c1-19-24(26(34)31-13-15-32(16-14-31)27(35)30-28(2,3)4)18-25(20-9-11-21(29)12-10-20)33(19)22-7-6-8-23(17-22)36-5/h6-12,17-18H,13-16H2,1-5H3,(H,30,35). The molecule has 0 bridgehead atoms. The number of piperazine rings is 1. The number of carbonyl (C=O) groups excluding carboxylic acids is 2. The molecule has 1 N–H and O–H groups in total. The van der Waals surface area contributed by atoms with Crippen molar-refractivity contribution in [2.24, 2.45) is 0 Å². The highest BCUT2D eigenvalue weighted by Crippen LogP contribution is 2.32. The molecule has 190 valence electrons. The maximum atomic E-state index is 13.7. The first-order valence-electron chi connectivity index (χ1n) is 12.1. The second-order valence-corrected chi connectivity index (χ2v) is 10.5. The number of rotatable bonds is 4. The average molecular weight is 509 g/mol. The lowest BCUT2D eigenvalue weighted by molar-refractivity contribution is 0.0660. The van der Waals surface area contributed by atoms with Gasteiger partial charge in [-0.15, -0.1) is 0 Å². The number of carbonyl (C=O) groups is 2. The molecule has 0 unspecified atom stereocenters. The number of hydrogen-bond donors (Lipinski definition) is 1. The minimum absolute atomic E-state index is 0.0414. The minimum atomic E-state index is -0.303. The topological polar surface area (TPSA) is 66.8 Å². The van der Waals surface area contributed by atoms with Crippen molar-refractivity contribution >= 4 is 23.5 Å². The van der Waals surface area contributed by atoms with Crippen LogP contribution in [0.5, 0.6) is 5.75 Å². The average Bonchev–Trinajstić information content (AvgIpc) is 3.20. The van der Waals surface area contributed by atoms with Crippen LogP contribution in [0.3, 0.4) is 0 Å². The van der Waals surface area contributed by atoms with Gasteiger partial charge >= 0.3 is 6.03 Å². The van der Waals surface area contributed by atoms with Gasteiger partial charge in [0.15, 0.2) is 0 Å². The lowest BCUT2D eigenvalue weighted by Gasteiger charge is -2.36. The predicted molar refractivity (Wildman–Crippen MR) is 143 cm³/mol. The van der Waals surface area contributed by atoms with Gasteiger partial charge < -0.3 is 24.4 Å². The summed E-state index contributed by atoms with van der Waals surface area (Å²) in [6.45, 7) is 9.78. The van der Waals surface area contributed by atoms with E-state index in [-0.39, 0.29) is 17.5 Å². The normalized spacial score (nSPS) is 14.1. The van der Waals surface area contributed by atoms with Gasteiger partial charge in [0, 0.05) is 54.2 Å². The first kappa shape index (κ1) is 25.6. The molecule has 0 atom stereocenters. The SMILES string of the molecule is COc1cccc(-n2c(-c3ccc(Cl)cc3)cc(C(=O)N3CCN(C(=O)NC(C)(C)C)CC3)c2C)c1. The molecule has 1 aromatic heterocycles. The summed E-state index contributed by atoms with van der Waals surface area (Å²) in [5, 5.41) is 3.65. The number of ether oxygens (including phenoxy) is 1. The molecule has 3 amide bonds. The molecule has 1 fully saturated rings. The van der Waals surface area contributed by atoms with Crippen molar-refractivity contribution in [3.63, 3.8) is 0 Å². The monoisotopic (exact) mass is 508 g/mol. The number of amides is 3. The number of halogens is 1. The Hall–Kier alpha value is -3.45. The third-order valence-electron chi connectivity index (χ3n) is 6.27. The molecule has 0 radical (unpaired) electrons. The lowest BCUT2D eigenvalue weighted by atomic mass is 10.1. The fourth-order valence-corrected chi connectivity index (χ4v) is 4.55. The summed E-state index contributed by atoms with van der Waals surface area (Å²) in [4.78, 5) is 29.8. The van der Waals surface area contributed by atoms with Gasteiger partial charge in [0.25, 0.3) is 5.91 Å². The first-order chi connectivity index (χ1) is 17.1. The highest BCUT2D eigenvalue weighted by atomic mass is 35.5. The van der Waals surface area contributed by atoms with Crippen LogP contribution in [0, 0.1) is 6.92 Å². The molecule has 3 aromatic rings. The Labute approximate surface area is 217 Å². The number of nitrogens with one attached hydrogen (secondary N) is 1. The van der Waals surface area contributed by atoms with E-state index in [0.717, 1.165) is 28.4 Å². The number of nitrogens with zero attached hydrogens (tertiary/aromatic N) is 3. The van der Waals surface area contributed by atoms with Crippen LogP contribution in [-0.4, -0.2) is 65.1 Å². The fourth-order valence-electron chi connectivity index (χ4n) is 4.42. The van der Waals surface area contributed by atoms with E-state index in [9.17, 15) is 9.59 Å². The molecular weight excluding hydrogens is 476 g/mol. The van der Waals surface area contributed by atoms with Crippen LogP contribution in [-0.2, 0) is 0 Å². The molecule has 0 saturated carbocycles. The highest BCUT2D eigenvalue weighted by Gasteiger charge is 2.29. The maximum Gasteiger partial charge on any atom is 0.317 e. The van der Waals surface area contributed by atoms with E-state index in [1.54, 1.807) is 12.0 Å². The molecule has 0 spiro atoms. The van der Waals surface area contributed by atoms with E-state index in [1.807, 2.05) is 87.2 Å². The molecule has 1 aliphatic heterocycles. The Morgan fingerprint density at radius 2 is 1.58 bits per heavy atom. The number of urea groups is 1. The second kappa shape index (κ2) is 10.3. The smallest absolute Gasteiger partial charge is 0.317 e. The summed E-state index contributed by atoms with van der Waals surface area (Å²) in [6, 6.07) is 17.2. The third kappa shape index (κ3) is 5.51. The van der Waals surface area contributed by atoms with Gasteiger partial charge in [-0.3, -0.25) is 4.79 Å². The van der Waals surface area contributed by atoms with Gasteiger partial charge in [-0.25, -0.2) is 4.79 Å². The van der Waals surface area contributed by atoms with E-state index in [1.165, 1.54) is 0 Å². The van der Waals surface area contributed by atoms with Crippen LogP contribution in [0.4, 0.5) is 4.79 Å². The van der Waals surface area contributed by atoms with Gasteiger partial charge in [0.05, 0.1) is 18.4 Å². The van der Waals surface area contributed by atoms with E-state index >= 15 is 0 Å². The van der Waals surface area contributed by atoms with E-state index in [0.29, 0.717) is 36.8 Å². The van der Waals surface area contributed by atoms with Crippen molar-refractivity contribution in [1.82, 2.24) is 19.7 Å². The van der Waals surface area contributed by atoms with Gasteiger partial charge in [-0.05, 0) is 63.6 Å². The summed E-state index contributed by atoms with van der Waals surface area (Å²) in [5.74, 6) is 0.695. The molecule has 1 saturated heterocycles. The predicted octanol–water partition coefficient (Wildman–Crippen LogP) is 5.38. The van der Waals surface area contributed by atoms with Crippen molar-refractivity contribution in [2.45, 2.75) is 33.2 Å². The summed E-state index contributed by atoms with van der Waals surface area (Å²) in [6.07, 6.45) is 0. The van der Waals surface area contributed by atoms with E-state index < -0.39 is 0 Å². The molecular formula is C28H33ClN4O3. The van der Waals surface area contributed by atoms with E-state index in [4.69, 9.17) is 16.3 Å². The number of methoxy groups -OCH3 is 1. The molecule has 2 aromatic carbocycles. The number of aromatic nitrogens is 1. The zero-order valence-electron chi connectivity index (χ0n) is 21.5. The third-order valence-corrected chi connectivity index (χ3v) is 6.52. The second-order valence-electron chi connectivity index (χ2n) is 10.0. The molecule has 4 rings (SSSR count). The molecule has 0 aliphatic carbocycles. The van der Waals surface area contributed by atoms with Crippen molar-refractivity contribution in [3.8, 4) is 22.7 Å². The molecule has 8 heteroatoms. The Morgan fingerprint density at radius 3 is 2.19 bits per heavy atom. The Morgan fingerprint density at radius 1 is 0.944 bits per heavy atom. The van der Waals surface area contributed by atoms with Gasteiger partial charge in [0.1, 0.15) is 5.75 Å². The highest BCUT2D eigenvalue weighted by molar-refractivity contribution is 6.30. The quantitative estimate of drug-likeness (QED) is 0.514. The number of benzene rings is 2. The summed E-state index contributed by atoms with van der Waals surface area (Å²) in [5.41, 5.74) is 3.92. The summed E-state index contributed by atoms with van der Waals surface area (Å²) < 4.78 is 7.52. The Kier molecular flexibility index (Phi) is 7.31. The fraction of sp³-hybridized carbons (Fsp3) is 0.357. The lowest BCUT2D eigenvalue weighted by Crippen LogP contribution is -2.56. The van der Waals surface area contributed by atoms with Crippen molar-refractivity contribution in [1.29, 1.82) is 0 Å². The van der Waals surface area contributed by atoms with Crippen LogP contribution in [0.25, 0.3) is 16.9 Å². The maximum absolute atomic E-state index is 13.7. The van der Waals surface area contributed by atoms with Crippen molar-refractivity contribution in [2.75, 3.05) is 33.3 Å². The van der Waals surface area contributed by atoms with Crippen LogP contribution in [0.15, 0.2) is 54.6 Å². The Balaban J connectivity index is 1.64. The largest absolute Gasteiger partial charge is 0.497 e. The van der Waals surface area contributed by atoms with Crippen molar-refractivity contribution in [3.05, 3.63) is 70.9 Å².